The van der Waals surface area contributed by atoms with Crippen molar-refractivity contribution in [2.24, 2.45) is 48.7 Å². The van der Waals surface area contributed by atoms with Gasteiger partial charge >= 0.3 is 0 Å². The first-order valence-corrected chi connectivity index (χ1v) is 48.2. The third-order valence-electron chi connectivity index (χ3n) is 10.5. The zero-order valence-corrected chi connectivity index (χ0v) is 88.7. The zero-order chi connectivity index (χ0) is 91.5. The molecule has 9 aliphatic heterocycles. The van der Waals surface area contributed by atoms with Crippen molar-refractivity contribution in [3.63, 3.8) is 0 Å². The number of hydrogen-bond acceptors (Lipinski definition) is 14. The lowest BCUT2D eigenvalue weighted by molar-refractivity contribution is -0.129. The Balaban J connectivity index is -0.000000149. The summed E-state index contributed by atoms with van der Waals surface area (Å²) >= 11 is 33.2. The van der Waals surface area contributed by atoms with Gasteiger partial charge in [0, 0.05) is 76.2 Å². The fraction of sp³-hybridized carbons (Fsp3) is 0.902. The van der Waals surface area contributed by atoms with Gasteiger partial charge < -0.3 is 62.6 Å². The average molecular weight is 1780 g/mol. The topological polar surface area (TPSA) is 190 Å². The first-order chi connectivity index (χ1) is 52.0. The van der Waals surface area contributed by atoms with E-state index in [1.807, 2.05) is 11.8 Å². The number of thioether (sulfide) groups is 2. The van der Waals surface area contributed by atoms with Gasteiger partial charge in [-0.1, -0.05) is 355 Å². The molecule has 9 aliphatic rings. The molecular weight excluding hydrogens is 1580 g/mol. The lowest BCUT2D eigenvalue weighted by Gasteiger charge is -2.13. The fourth-order valence-electron chi connectivity index (χ4n) is 6.57. The summed E-state index contributed by atoms with van der Waals surface area (Å²) in [6.45, 7) is 91.2. The average Bonchev–Trinajstić information content (AvgIpc) is 1.52. The van der Waals surface area contributed by atoms with Crippen LogP contribution in [0.25, 0.3) is 0 Å². The highest BCUT2D eigenvalue weighted by Gasteiger charge is 2.09. The summed E-state index contributed by atoms with van der Waals surface area (Å²) in [5.41, 5.74) is 4.50. The van der Waals surface area contributed by atoms with E-state index in [0.717, 1.165) is 139 Å². The molecule has 15 nitrogen and oxygen atoms in total. The van der Waals surface area contributed by atoms with Gasteiger partial charge in [-0.15, -0.1) is 0 Å². The molecule has 0 radical (unpaired) electrons. The molecule has 0 aromatic rings. The van der Waals surface area contributed by atoms with E-state index in [1.54, 1.807) is 11.8 Å². The van der Waals surface area contributed by atoms with E-state index in [2.05, 4.69) is 302 Å². The third-order valence-corrected chi connectivity index (χ3v) is 14.5. The first-order valence-electron chi connectivity index (χ1n) is 43.5. The molecule has 0 saturated carbocycles. The van der Waals surface area contributed by atoms with Gasteiger partial charge in [-0.05, 0) is 145 Å². The standard InChI is InChI=1S/2C7H13NS.C6H12N2O.C6H11NS.C5H9NS.9C5H12.C4H7NO2.2C4H7NOS.C4H7NS2/c2*9-7-5-3-1-2-4-6-8-7;9-6-5-7-3-1-2-4-8-6;8-6-4-2-1-3-5-7-6;7-5-3-1-2-4-6-5;9*1-5(2,3)4;2*6-4-3-7-2-1-5-4;7-4-3-6-2-1-5-4;6-4-3-7-2-1-5-4/h2*1-6H2,(H,8,9);7H,1-5H2,(H,8,9);1-5H2,(H,7,8);1-4H2,(H,6,7);9*1-4H3;2*1-3H2,(H,5,6);1-3H2,(H,5,7);1-3H2,(H,5,6). The van der Waals surface area contributed by atoms with E-state index in [1.165, 1.54) is 95.6 Å². The second-order valence-electron chi connectivity index (χ2n) is 43.8. The van der Waals surface area contributed by atoms with Crippen molar-refractivity contribution >= 4 is 144 Å². The smallest absolute Gasteiger partial charge is 0.246 e. The van der Waals surface area contributed by atoms with E-state index in [9.17, 15) is 14.4 Å². The summed E-state index contributed by atoms with van der Waals surface area (Å²) < 4.78 is 9.75. The van der Waals surface area contributed by atoms with Gasteiger partial charge in [-0.25, -0.2) is 0 Å². The van der Waals surface area contributed by atoms with Crippen molar-refractivity contribution < 1.29 is 23.9 Å². The summed E-state index contributed by atoms with van der Waals surface area (Å²) in [6.07, 6.45) is 23.8. The van der Waals surface area contributed by atoms with E-state index < -0.39 is 0 Å². The maximum Gasteiger partial charge on any atom is 0.246 e. The number of thiocarbonyl (C=S) groups is 6. The molecule has 0 aromatic heterocycles. The van der Waals surface area contributed by atoms with Gasteiger partial charge in [0.2, 0.25) is 17.7 Å². The van der Waals surface area contributed by atoms with Gasteiger partial charge in [0.25, 0.3) is 0 Å². The van der Waals surface area contributed by atoms with Crippen LogP contribution in [-0.4, -0.2) is 169 Å². The summed E-state index contributed by atoms with van der Waals surface area (Å²) in [5, 5.41) is 30.0. The third kappa shape index (κ3) is 229. The number of morpholine rings is 2. The Bertz CT molecular complexity index is 1840. The number of carbonyl (C=O) groups is 3. The molecule has 0 atom stereocenters. The van der Waals surface area contributed by atoms with Crippen LogP contribution in [0.3, 0.4) is 0 Å². The number of piperidine rings is 1. The second kappa shape index (κ2) is 80.7. The molecule has 0 bridgehead atoms. The van der Waals surface area contributed by atoms with Crippen molar-refractivity contribution in [1.29, 1.82) is 0 Å². The molecule has 10 N–H and O–H groups in total. The summed E-state index contributed by atoms with van der Waals surface area (Å²) in [4.78, 5) is 37.3. The minimum Gasteiger partial charge on any atom is -0.380 e. The number of amides is 3. The lowest BCUT2D eigenvalue weighted by atomic mass is 10.0. The van der Waals surface area contributed by atoms with E-state index >= 15 is 0 Å². The van der Waals surface area contributed by atoms with Crippen molar-refractivity contribution in [2.45, 2.75) is 371 Å². The van der Waals surface area contributed by atoms with Crippen LogP contribution in [0.4, 0.5) is 0 Å². The van der Waals surface area contributed by atoms with Crippen LogP contribution in [0.5, 0.6) is 0 Å². The highest BCUT2D eigenvalue weighted by molar-refractivity contribution is 8.01. The molecule has 9 rings (SSSR count). The van der Waals surface area contributed by atoms with Gasteiger partial charge in [-0.2, -0.15) is 23.5 Å². The Kier molecular flexibility index (Phi) is 92.2. The molecule has 690 valence electrons. The predicted molar refractivity (Wildman–Crippen MR) is 546 cm³/mol. The molecule has 3 amide bonds. The van der Waals surface area contributed by atoms with Crippen LogP contribution in [0, 0.1) is 48.7 Å². The Morgan fingerprint density at radius 1 is 0.235 bits per heavy atom. The largest absolute Gasteiger partial charge is 0.380 e. The number of nitrogens with one attached hydrogen (secondary N) is 10. The Hall–Kier alpha value is -1.67. The van der Waals surface area contributed by atoms with Crippen LogP contribution in [0.1, 0.15) is 371 Å². The number of carbonyl (C=O) groups excluding carboxylic acids is 3. The van der Waals surface area contributed by atoms with Gasteiger partial charge in [0.1, 0.15) is 11.6 Å². The van der Waals surface area contributed by atoms with Crippen LogP contribution in [0.2, 0.25) is 0 Å². The molecule has 9 saturated heterocycles. The van der Waals surface area contributed by atoms with Crippen LogP contribution in [0.15, 0.2) is 0 Å². The Morgan fingerprint density at radius 3 is 0.670 bits per heavy atom. The maximum atomic E-state index is 10.7. The monoisotopic (exact) mass is 1780 g/mol. The van der Waals surface area contributed by atoms with E-state index in [-0.39, 0.29) is 24.3 Å². The van der Waals surface area contributed by atoms with Crippen LogP contribution < -0.4 is 53.2 Å². The number of rotatable bonds is 0. The molecule has 9 heterocycles. The van der Waals surface area contributed by atoms with Crippen molar-refractivity contribution in [1.82, 2.24) is 53.2 Å². The highest BCUT2D eigenvalue weighted by Crippen LogP contribution is 2.14. The van der Waals surface area contributed by atoms with Crippen LogP contribution in [-0.2, 0) is 23.9 Å². The minimum atomic E-state index is -0.00810. The summed E-state index contributed by atoms with van der Waals surface area (Å²) in [7, 11) is 0. The molecule has 115 heavy (non-hydrogen) atoms. The zero-order valence-electron chi connectivity index (χ0n) is 82.2. The predicted octanol–water partition coefficient (Wildman–Crippen LogP) is 23.8. The molecule has 9 fully saturated rings. The lowest BCUT2D eigenvalue weighted by Crippen LogP contribution is -2.37. The highest BCUT2D eigenvalue weighted by atomic mass is 32.2. The van der Waals surface area contributed by atoms with E-state index in [0.29, 0.717) is 80.8 Å². The van der Waals surface area contributed by atoms with Gasteiger partial charge in [0.05, 0.1) is 57.1 Å². The molecule has 0 aromatic carbocycles. The number of ether oxygens (including phenoxy) is 2. The van der Waals surface area contributed by atoms with Gasteiger partial charge in [-0.3, -0.25) is 14.4 Å². The molecule has 0 spiro atoms. The first kappa shape index (κ1) is 131. The van der Waals surface area contributed by atoms with Crippen molar-refractivity contribution in [3.8, 4) is 0 Å². The van der Waals surface area contributed by atoms with Crippen molar-refractivity contribution in [3.05, 3.63) is 0 Å². The fourth-order valence-corrected chi connectivity index (χ4v) is 9.45. The molecule has 0 unspecified atom stereocenters. The minimum absolute atomic E-state index is 0.00810. The second-order valence-corrected chi connectivity index (χ2v) is 49.0. The normalized spacial score (nSPS) is 17.9. The SMILES string of the molecule is CC(C)(C)C.CC(C)(C)C.CC(C)(C)C.CC(C)(C)C.CC(C)(C)C.CC(C)(C)C.CC(C)(C)C.CC(C)(C)C.CC(C)(C)C.O=C1CNCCCCN1.O=C1COCCN1.O=C1CSCCN1.S=C1CCCCCCN1.S=C1CCCCCCN1.S=C1CCCCCN1.S=C1CCCCN1.S=C1COCCN1.S=C1CSCCN1. The Labute approximate surface area is 757 Å². The molecule has 0 aliphatic carbocycles. The quantitative estimate of drug-likeness (QED) is 0.103. The molecule has 23 heteroatoms. The van der Waals surface area contributed by atoms with E-state index in [4.69, 9.17) is 82.8 Å². The Morgan fingerprint density at radius 2 is 0.461 bits per heavy atom. The molecular formula is C92H194N10O5S8. The van der Waals surface area contributed by atoms with Crippen molar-refractivity contribution in [2.75, 3.05) is 121 Å². The summed E-state index contributed by atoms with van der Waals surface area (Å²) in [5.74, 6) is 4.25. The summed E-state index contributed by atoms with van der Waals surface area (Å²) in [6, 6.07) is 0. The van der Waals surface area contributed by atoms with Gasteiger partial charge in [0.15, 0.2) is 0 Å². The number of hydrogen-bond donors (Lipinski definition) is 10. The maximum absolute atomic E-state index is 10.7. The van der Waals surface area contributed by atoms with Crippen LogP contribution >= 0.6 is 96.8 Å².